The van der Waals surface area contributed by atoms with Crippen LogP contribution in [0, 0.1) is 5.92 Å². The number of aliphatic hydroxyl groups is 3. The Morgan fingerprint density at radius 3 is 0.972 bits per heavy atom. The molecule has 0 aliphatic carbocycles. The van der Waals surface area contributed by atoms with Crippen molar-refractivity contribution in [2.45, 2.75) is 12.8 Å². The van der Waals surface area contributed by atoms with Crippen LogP contribution in [0.15, 0.2) is 91.0 Å². The second-order valence-corrected chi connectivity index (χ2v) is 7.11. The van der Waals surface area contributed by atoms with Gasteiger partial charge >= 0.3 is 17.9 Å². The first kappa shape index (κ1) is 32.0. The maximum Gasteiger partial charge on any atom is 0.335 e. The van der Waals surface area contributed by atoms with Crippen molar-refractivity contribution in [2.24, 2.45) is 5.92 Å². The second kappa shape index (κ2) is 20.3. The Bertz CT molecular complexity index is 856. The molecule has 0 aliphatic heterocycles. The molecule has 194 valence electrons. The third kappa shape index (κ3) is 15.7. The highest BCUT2D eigenvalue weighted by Crippen LogP contribution is 2.02. The van der Waals surface area contributed by atoms with Crippen molar-refractivity contribution in [3.63, 3.8) is 0 Å². The summed E-state index contributed by atoms with van der Waals surface area (Å²) in [5, 5.41) is 50.5. The average molecular weight is 501 g/mol. The molecule has 0 amide bonds. The van der Waals surface area contributed by atoms with Crippen LogP contribution in [-0.4, -0.2) is 68.4 Å². The van der Waals surface area contributed by atoms with Crippen molar-refractivity contribution < 1.29 is 45.0 Å². The van der Waals surface area contributed by atoms with E-state index in [1.165, 1.54) is 0 Å². The fourth-order valence-electron chi connectivity index (χ4n) is 2.36. The van der Waals surface area contributed by atoms with Crippen LogP contribution in [-0.2, 0) is 0 Å². The van der Waals surface area contributed by atoms with Crippen LogP contribution < -0.4 is 0 Å². The van der Waals surface area contributed by atoms with Crippen molar-refractivity contribution in [1.82, 2.24) is 0 Å². The van der Waals surface area contributed by atoms with E-state index < -0.39 is 17.9 Å². The quantitative estimate of drug-likeness (QED) is 0.270. The van der Waals surface area contributed by atoms with E-state index in [0.29, 0.717) is 29.5 Å². The van der Waals surface area contributed by atoms with E-state index >= 15 is 0 Å². The molecule has 0 fully saturated rings. The zero-order chi connectivity index (χ0) is 27.2. The summed E-state index contributed by atoms with van der Waals surface area (Å²) in [6, 6.07) is 24.9. The van der Waals surface area contributed by atoms with E-state index in [1.54, 1.807) is 91.0 Å². The fourth-order valence-corrected chi connectivity index (χ4v) is 2.36. The number of carbonyl (C=O) groups is 3. The smallest absolute Gasteiger partial charge is 0.335 e. The molecule has 0 aromatic heterocycles. The lowest BCUT2D eigenvalue weighted by Crippen LogP contribution is -2.11. The van der Waals surface area contributed by atoms with Gasteiger partial charge in [-0.05, 0) is 49.2 Å². The summed E-state index contributed by atoms with van der Waals surface area (Å²) in [4.78, 5) is 30.6. The number of hydrogen-bond acceptors (Lipinski definition) is 6. The molecule has 0 bridgehead atoms. The molecule has 0 unspecified atom stereocenters. The molecule has 0 spiro atoms. The first-order valence-electron chi connectivity index (χ1n) is 10.9. The van der Waals surface area contributed by atoms with Gasteiger partial charge in [0.2, 0.25) is 0 Å². The molecule has 3 aromatic carbocycles. The Morgan fingerprint density at radius 2 is 0.806 bits per heavy atom. The van der Waals surface area contributed by atoms with Gasteiger partial charge in [-0.25, -0.2) is 14.4 Å². The van der Waals surface area contributed by atoms with E-state index in [9.17, 15) is 14.4 Å². The van der Waals surface area contributed by atoms with E-state index in [4.69, 9.17) is 30.6 Å². The molecule has 3 aromatic rings. The highest BCUT2D eigenvalue weighted by Gasteiger charge is 2.03. The van der Waals surface area contributed by atoms with Crippen LogP contribution in [0.3, 0.4) is 0 Å². The molecule has 36 heavy (non-hydrogen) atoms. The second-order valence-electron chi connectivity index (χ2n) is 7.11. The van der Waals surface area contributed by atoms with Crippen LogP contribution in [0.5, 0.6) is 0 Å². The Morgan fingerprint density at radius 1 is 0.528 bits per heavy atom. The summed E-state index contributed by atoms with van der Waals surface area (Å²) in [5.41, 5.74) is 0.993. The molecule has 0 aliphatic rings. The van der Waals surface area contributed by atoms with E-state index in [0.717, 1.165) is 0 Å². The number of aliphatic hydroxyl groups excluding tert-OH is 3. The van der Waals surface area contributed by atoms with Gasteiger partial charge in [-0.15, -0.1) is 0 Å². The van der Waals surface area contributed by atoms with Crippen LogP contribution in [0.25, 0.3) is 0 Å². The highest BCUT2D eigenvalue weighted by molar-refractivity contribution is 5.88. The predicted molar refractivity (Wildman–Crippen MR) is 134 cm³/mol. The van der Waals surface area contributed by atoms with Crippen molar-refractivity contribution in [3.05, 3.63) is 108 Å². The minimum Gasteiger partial charge on any atom is -0.478 e. The molecule has 6 N–H and O–H groups in total. The minimum absolute atomic E-state index is 0.0104. The van der Waals surface area contributed by atoms with Crippen molar-refractivity contribution in [3.8, 4) is 0 Å². The topological polar surface area (TPSA) is 173 Å². The van der Waals surface area contributed by atoms with Crippen molar-refractivity contribution in [2.75, 3.05) is 19.8 Å². The van der Waals surface area contributed by atoms with Crippen LogP contribution >= 0.6 is 0 Å². The maximum absolute atomic E-state index is 10.2. The number of carboxylic acid groups (broad SMARTS) is 3. The largest absolute Gasteiger partial charge is 0.478 e. The van der Waals surface area contributed by atoms with Gasteiger partial charge in [-0.3, -0.25) is 0 Å². The van der Waals surface area contributed by atoms with Crippen molar-refractivity contribution in [1.29, 1.82) is 0 Å². The average Bonchev–Trinajstić information content (AvgIpc) is 2.92. The number of rotatable bonds is 8. The summed E-state index contributed by atoms with van der Waals surface area (Å²) in [7, 11) is 0. The van der Waals surface area contributed by atoms with E-state index in [1.807, 2.05) is 0 Å². The minimum atomic E-state index is -0.879. The van der Waals surface area contributed by atoms with Crippen LogP contribution in [0.1, 0.15) is 43.9 Å². The summed E-state index contributed by atoms with van der Waals surface area (Å²) >= 11 is 0. The number of hydrogen-bond donors (Lipinski definition) is 6. The number of carboxylic acids is 3. The Labute approximate surface area is 209 Å². The lowest BCUT2D eigenvalue weighted by molar-refractivity contribution is 0.0686. The van der Waals surface area contributed by atoms with Crippen LogP contribution in [0.4, 0.5) is 0 Å². The third-order valence-corrected chi connectivity index (χ3v) is 4.35. The molecule has 3 rings (SSSR count). The standard InChI is InChI=1S/3C7H6O2.C6H14O3/c3*8-7(9)6-4-2-1-3-5-6;7-3-1-2-6(4-8)5-9/h3*1-5H,(H,8,9);6-9H,1-5H2. The lowest BCUT2D eigenvalue weighted by atomic mass is 10.1. The molecular formula is C27H32O9. The summed E-state index contributed by atoms with van der Waals surface area (Å²) < 4.78 is 0. The molecule has 0 saturated carbocycles. The lowest BCUT2D eigenvalue weighted by Gasteiger charge is -2.07. The first-order valence-corrected chi connectivity index (χ1v) is 10.9. The molecular weight excluding hydrogens is 468 g/mol. The zero-order valence-corrected chi connectivity index (χ0v) is 19.7. The molecule has 0 saturated heterocycles. The molecule has 0 atom stereocenters. The van der Waals surface area contributed by atoms with Gasteiger partial charge in [0.1, 0.15) is 0 Å². The highest BCUT2D eigenvalue weighted by atomic mass is 16.4. The first-order chi connectivity index (χ1) is 17.3. The molecule has 0 radical (unpaired) electrons. The maximum atomic E-state index is 10.2. The summed E-state index contributed by atoms with van der Waals surface area (Å²) in [6.45, 7) is 0.156. The summed E-state index contributed by atoms with van der Waals surface area (Å²) in [5.74, 6) is -2.68. The van der Waals surface area contributed by atoms with Gasteiger partial charge in [0.05, 0.1) is 16.7 Å². The van der Waals surface area contributed by atoms with Gasteiger partial charge in [-0.2, -0.15) is 0 Å². The van der Waals surface area contributed by atoms with Gasteiger partial charge < -0.3 is 30.6 Å². The molecule has 9 nitrogen and oxygen atoms in total. The SMILES string of the molecule is O=C(O)c1ccccc1.O=C(O)c1ccccc1.O=C(O)c1ccccc1.OCCCC(CO)CO. The monoisotopic (exact) mass is 500 g/mol. The normalized spacial score (nSPS) is 9.33. The summed E-state index contributed by atoms with van der Waals surface area (Å²) in [6.07, 6.45) is 1.36. The Hall–Kier alpha value is -4.05. The zero-order valence-electron chi connectivity index (χ0n) is 19.7. The Kier molecular flexibility index (Phi) is 18.0. The number of benzene rings is 3. The Balaban J connectivity index is 0.000000454. The van der Waals surface area contributed by atoms with E-state index in [2.05, 4.69) is 0 Å². The van der Waals surface area contributed by atoms with E-state index in [-0.39, 0.29) is 25.7 Å². The molecule has 0 heterocycles. The van der Waals surface area contributed by atoms with Crippen LogP contribution in [0.2, 0.25) is 0 Å². The number of aromatic carboxylic acids is 3. The van der Waals surface area contributed by atoms with Gasteiger partial charge in [-0.1, -0.05) is 54.6 Å². The van der Waals surface area contributed by atoms with Gasteiger partial charge in [0, 0.05) is 25.7 Å². The van der Waals surface area contributed by atoms with Crippen molar-refractivity contribution >= 4 is 17.9 Å². The predicted octanol–water partition coefficient (Wildman–Crippen LogP) is 3.51. The molecule has 9 heteroatoms. The van der Waals surface area contributed by atoms with Gasteiger partial charge in [0.15, 0.2) is 0 Å². The van der Waals surface area contributed by atoms with Gasteiger partial charge in [0.25, 0.3) is 0 Å². The fraction of sp³-hybridized carbons (Fsp3) is 0.222. The third-order valence-electron chi connectivity index (χ3n) is 4.35.